The van der Waals surface area contributed by atoms with Crippen LogP contribution < -0.4 is 10.6 Å². The van der Waals surface area contributed by atoms with Gasteiger partial charge in [-0.3, -0.25) is 4.79 Å². The molecule has 1 rings (SSSR count). The third-order valence-corrected chi connectivity index (χ3v) is 3.04. The minimum Gasteiger partial charge on any atom is -0.481 e. The molecule has 1 heterocycles. The van der Waals surface area contributed by atoms with Gasteiger partial charge in [0.15, 0.2) is 0 Å². The quantitative estimate of drug-likeness (QED) is 0.685. The van der Waals surface area contributed by atoms with Crippen LogP contribution in [0.25, 0.3) is 0 Å². The number of urea groups is 1. The van der Waals surface area contributed by atoms with Gasteiger partial charge < -0.3 is 20.5 Å². The minimum absolute atomic E-state index is 0.151. The molecule has 1 saturated heterocycles. The van der Waals surface area contributed by atoms with Crippen LogP contribution in [0.2, 0.25) is 0 Å². The summed E-state index contributed by atoms with van der Waals surface area (Å²) in [5.74, 6) is -1.60. The molecule has 1 aliphatic heterocycles. The molecule has 0 aromatic carbocycles. The SMILES string of the molecule is CCCC(C)(C)NC(=O)NC1COCC1C(=O)O. The van der Waals surface area contributed by atoms with Crippen LogP contribution in [0.1, 0.15) is 33.6 Å². The Morgan fingerprint density at radius 3 is 2.61 bits per heavy atom. The van der Waals surface area contributed by atoms with Crippen LogP contribution >= 0.6 is 0 Å². The van der Waals surface area contributed by atoms with E-state index in [1.54, 1.807) is 0 Å². The van der Waals surface area contributed by atoms with Crippen molar-refractivity contribution in [1.29, 1.82) is 0 Å². The third kappa shape index (κ3) is 4.18. The molecule has 1 fully saturated rings. The van der Waals surface area contributed by atoms with Gasteiger partial charge in [-0.25, -0.2) is 4.79 Å². The highest BCUT2D eigenvalue weighted by Gasteiger charge is 2.35. The van der Waals surface area contributed by atoms with Crippen molar-refractivity contribution in [2.75, 3.05) is 13.2 Å². The van der Waals surface area contributed by atoms with Crippen LogP contribution in [-0.4, -0.2) is 41.9 Å². The van der Waals surface area contributed by atoms with Crippen LogP contribution in [0, 0.1) is 5.92 Å². The number of ether oxygens (including phenoxy) is 1. The fourth-order valence-electron chi connectivity index (χ4n) is 2.14. The standard InChI is InChI=1S/C12H22N2O4/c1-4-5-12(2,3)14-11(17)13-9-7-18-6-8(9)10(15)16/h8-9H,4-7H2,1-3H3,(H,15,16)(H2,13,14,17). The van der Waals surface area contributed by atoms with Crippen LogP contribution in [0.4, 0.5) is 4.79 Å². The van der Waals surface area contributed by atoms with E-state index in [1.165, 1.54) is 0 Å². The van der Waals surface area contributed by atoms with E-state index in [0.29, 0.717) is 0 Å². The van der Waals surface area contributed by atoms with E-state index in [-0.39, 0.29) is 24.8 Å². The van der Waals surface area contributed by atoms with Gasteiger partial charge in [-0.1, -0.05) is 13.3 Å². The molecule has 6 heteroatoms. The van der Waals surface area contributed by atoms with Crippen molar-refractivity contribution in [3.63, 3.8) is 0 Å². The van der Waals surface area contributed by atoms with Crippen molar-refractivity contribution >= 4 is 12.0 Å². The third-order valence-electron chi connectivity index (χ3n) is 3.04. The summed E-state index contributed by atoms with van der Waals surface area (Å²) in [6.45, 7) is 6.33. The molecule has 104 valence electrons. The Morgan fingerprint density at radius 1 is 1.39 bits per heavy atom. The van der Waals surface area contributed by atoms with Gasteiger partial charge in [0.05, 0.1) is 19.3 Å². The van der Waals surface area contributed by atoms with E-state index in [4.69, 9.17) is 9.84 Å². The lowest BCUT2D eigenvalue weighted by atomic mass is 9.99. The van der Waals surface area contributed by atoms with E-state index in [9.17, 15) is 9.59 Å². The molecule has 3 N–H and O–H groups in total. The second-order valence-electron chi connectivity index (χ2n) is 5.32. The zero-order chi connectivity index (χ0) is 13.8. The van der Waals surface area contributed by atoms with E-state index in [2.05, 4.69) is 10.6 Å². The fourth-order valence-corrected chi connectivity index (χ4v) is 2.14. The summed E-state index contributed by atoms with van der Waals surface area (Å²) in [6, 6.07) is -0.796. The van der Waals surface area contributed by atoms with E-state index in [1.807, 2.05) is 20.8 Å². The van der Waals surface area contributed by atoms with Gasteiger partial charge in [-0.05, 0) is 20.3 Å². The lowest BCUT2D eigenvalue weighted by Gasteiger charge is -2.27. The largest absolute Gasteiger partial charge is 0.481 e. The number of amides is 2. The molecule has 2 atom stereocenters. The van der Waals surface area contributed by atoms with Gasteiger partial charge in [-0.2, -0.15) is 0 Å². The summed E-state index contributed by atoms with van der Waals surface area (Å²) < 4.78 is 5.09. The maximum absolute atomic E-state index is 11.8. The highest BCUT2D eigenvalue weighted by Crippen LogP contribution is 2.15. The Hall–Kier alpha value is -1.30. The van der Waals surface area contributed by atoms with Gasteiger partial charge in [-0.15, -0.1) is 0 Å². The number of carboxylic acids is 1. The van der Waals surface area contributed by atoms with Gasteiger partial charge >= 0.3 is 12.0 Å². The molecule has 1 aliphatic rings. The molecule has 0 aromatic heterocycles. The molecule has 0 aliphatic carbocycles. The molecule has 6 nitrogen and oxygen atoms in total. The Labute approximate surface area is 107 Å². The van der Waals surface area contributed by atoms with Crippen molar-refractivity contribution in [2.45, 2.75) is 45.2 Å². The zero-order valence-corrected chi connectivity index (χ0v) is 11.2. The van der Waals surface area contributed by atoms with Crippen LogP contribution in [-0.2, 0) is 9.53 Å². The molecule has 0 aromatic rings. The summed E-state index contributed by atoms with van der Waals surface area (Å²) in [5.41, 5.74) is -0.295. The number of aliphatic carboxylic acids is 1. The van der Waals surface area contributed by atoms with E-state index in [0.717, 1.165) is 12.8 Å². The summed E-state index contributed by atoms with van der Waals surface area (Å²) in [7, 11) is 0. The lowest BCUT2D eigenvalue weighted by molar-refractivity contribution is -0.142. The van der Waals surface area contributed by atoms with Crippen molar-refractivity contribution in [2.24, 2.45) is 5.92 Å². The minimum atomic E-state index is -0.939. The maximum Gasteiger partial charge on any atom is 0.315 e. The number of rotatable bonds is 5. The zero-order valence-electron chi connectivity index (χ0n) is 11.2. The molecule has 0 radical (unpaired) electrons. The number of carboxylic acid groups (broad SMARTS) is 1. The summed E-state index contributed by atoms with van der Waals surface area (Å²) >= 11 is 0. The summed E-state index contributed by atoms with van der Waals surface area (Å²) in [6.07, 6.45) is 1.83. The molecule has 2 amide bonds. The molecule has 0 saturated carbocycles. The predicted octanol–water partition coefficient (Wildman–Crippen LogP) is 0.964. The molecule has 0 spiro atoms. The molecule has 0 bridgehead atoms. The lowest BCUT2D eigenvalue weighted by Crippen LogP contribution is -2.53. The Kier molecular flexibility index (Phi) is 4.95. The fraction of sp³-hybridized carbons (Fsp3) is 0.833. The number of hydrogen-bond donors (Lipinski definition) is 3. The Bertz CT molecular complexity index is 317. The summed E-state index contributed by atoms with van der Waals surface area (Å²) in [5, 5.41) is 14.5. The van der Waals surface area contributed by atoms with E-state index < -0.39 is 17.9 Å². The van der Waals surface area contributed by atoms with Crippen LogP contribution in [0.5, 0.6) is 0 Å². The first-order valence-corrected chi connectivity index (χ1v) is 6.25. The van der Waals surface area contributed by atoms with Crippen molar-refractivity contribution in [1.82, 2.24) is 10.6 Å². The van der Waals surface area contributed by atoms with Gasteiger partial charge in [0.1, 0.15) is 5.92 Å². The number of carbonyl (C=O) groups is 2. The second kappa shape index (κ2) is 6.04. The average molecular weight is 258 g/mol. The topological polar surface area (TPSA) is 87.7 Å². The van der Waals surface area contributed by atoms with Crippen molar-refractivity contribution in [3.8, 4) is 0 Å². The first kappa shape index (κ1) is 14.8. The smallest absolute Gasteiger partial charge is 0.315 e. The monoisotopic (exact) mass is 258 g/mol. The Balaban J connectivity index is 2.47. The highest BCUT2D eigenvalue weighted by molar-refractivity contribution is 5.77. The molecular weight excluding hydrogens is 236 g/mol. The second-order valence-corrected chi connectivity index (χ2v) is 5.32. The van der Waals surface area contributed by atoms with Crippen LogP contribution in [0.3, 0.4) is 0 Å². The molecule has 2 unspecified atom stereocenters. The van der Waals surface area contributed by atoms with E-state index >= 15 is 0 Å². The van der Waals surface area contributed by atoms with Gasteiger partial charge in [0.25, 0.3) is 0 Å². The number of nitrogens with one attached hydrogen (secondary N) is 2. The Morgan fingerprint density at radius 2 is 2.06 bits per heavy atom. The number of hydrogen-bond acceptors (Lipinski definition) is 3. The predicted molar refractivity (Wildman–Crippen MR) is 66.4 cm³/mol. The van der Waals surface area contributed by atoms with Gasteiger partial charge in [0, 0.05) is 5.54 Å². The highest BCUT2D eigenvalue weighted by atomic mass is 16.5. The summed E-state index contributed by atoms with van der Waals surface area (Å²) in [4.78, 5) is 22.7. The first-order valence-electron chi connectivity index (χ1n) is 6.25. The first-order chi connectivity index (χ1) is 8.35. The normalized spacial score (nSPS) is 23.7. The molecule has 18 heavy (non-hydrogen) atoms. The number of carbonyl (C=O) groups excluding carboxylic acids is 1. The average Bonchev–Trinajstić information content (AvgIpc) is 2.64. The van der Waals surface area contributed by atoms with Crippen LogP contribution in [0.15, 0.2) is 0 Å². The van der Waals surface area contributed by atoms with Crippen molar-refractivity contribution < 1.29 is 19.4 Å². The van der Waals surface area contributed by atoms with Gasteiger partial charge in [0.2, 0.25) is 0 Å². The molecular formula is C12H22N2O4. The maximum atomic E-state index is 11.8. The van der Waals surface area contributed by atoms with Crippen molar-refractivity contribution in [3.05, 3.63) is 0 Å².